The molecule has 3 aromatic rings. The molecule has 0 fully saturated rings. The van der Waals surface area contributed by atoms with Crippen molar-refractivity contribution in [2.45, 2.75) is 4.90 Å². The lowest BCUT2D eigenvalue weighted by atomic mass is 10.2. The summed E-state index contributed by atoms with van der Waals surface area (Å²) in [5.41, 5.74) is 6.22. The molecule has 0 spiro atoms. The topological polar surface area (TPSA) is 153 Å². The van der Waals surface area contributed by atoms with Crippen molar-refractivity contribution in [3.63, 3.8) is 0 Å². The molecule has 1 aromatic heterocycles. The molecule has 0 aliphatic rings. The summed E-state index contributed by atoms with van der Waals surface area (Å²) in [5.74, 6) is -1.92. The van der Waals surface area contributed by atoms with Crippen molar-refractivity contribution in [3.05, 3.63) is 70.8 Å². The number of carbonyl (C=O) groups is 3. The molecule has 3 rings (SSSR count). The smallest absolute Gasteiger partial charge is 0.272 e. The van der Waals surface area contributed by atoms with Gasteiger partial charge in [-0.15, -0.1) is 0 Å². The van der Waals surface area contributed by atoms with Crippen LogP contribution in [-0.2, 0) is 9.84 Å². The lowest BCUT2D eigenvalue weighted by Crippen LogP contribution is -2.25. The Bertz CT molecular complexity index is 1330. The summed E-state index contributed by atoms with van der Waals surface area (Å²) in [6.07, 6.45) is 2.34. The quantitative estimate of drug-likeness (QED) is 0.492. The predicted molar refractivity (Wildman–Crippen MR) is 118 cm³/mol. The van der Waals surface area contributed by atoms with Crippen LogP contribution in [0, 0.1) is 0 Å². The fraction of sp³-hybridized carbons (Fsp3) is 0.100. The van der Waals surface area contributed by atoms with E-state index in [9.17, 15) is 22.8 Å². The Balaban J connectivity index is 1.85. The fourth-order valence-electron chi connectivity index (χ4n) is 2.88. The van der Waals surface area contributed by atoms with Crippen molar-refractivity contribution in [1.82, 2.24) is 14.9 Å². The molecule has 0 saturated carbocycles. The van der Waals surface area contributed by atoms with Crippen LogP contribution in [-0.4, -0.2) is 49.0 Å². The van der Waals surface area contributed by atoms with Crippen LogP contribution in [0.3, 0.4) is 0 Å². The van der Waals surface area contributed by atoms with Crippen LogP contribution in [0.5, 0.6) is 0 Å². The van der Waals surface area contributed by atoms with Crippen LogP contribution < -0.4 is 16.4 Å². The molecule has 1 heterocycles. The first kappa shape index (κ1) is 23.0. The number of primary amides is 1. The lowest BCUT2D eigenvalue weighted by molar-refractivity contribution is 0.0937. The average molecular weight is 476 g/mol. The van der Waals surface area contributed by atoms with Crippen molar-refractivity contribution in [2.24, 2.45) is 5.73 Å². The molecular weight excluding hydrogens is 458 g/mol. The van der Waals surface area contributed by atoms with Crippen LogP contribution in [0.2, 0.25) is 5.02 Å². The average Bonchev–Trinajstić information content (AvgIpc) is 3.18. The molecular formula is C20H18ClN5O5S. The monoisotopic (exact) mass is 475 g/mol. The van der Waals surface area contributed by atoms with Gasteiger partial charge in [-0.25, -0.2) is 13.4 Å². The highest BCUT2D eigenvalue weighted by Gasteiger charge is 2.22. The van der Waals surface area contributed by atoms with Crippen LogP contribution in [0.1, 0.15) is 31.3 Å². The maximum Gasteiger partial charge on any atom is 0.272 e. The first-order valence-electron chi connectivity index (χ1n) is 9.03. The van der Waals surface area contributed by atoms with E-state index in [-0.39, 0.29) is 26.9 Å². The molecule has 32 heavy (non-hydrogen) atoms. The highest BCUT2D eigenvalue weighted by atomic mass is 35.5. The molecule has 0 saturated heterocycles. The minimum absolute atomic E-state index is 0.00474. The minimum Gasteiger partial charge on any atom is -0.364 e. The van der Waals surface area contributed by atoms with Gasteiger partial charge in [0.25, 0.3) is 17.7 Å². The molecule has 0 aliphatic carbocycles. The number of sulfone groups is 1. The number of aromatic nitrogens is 2. The Morgan fingerprint density at radius 3 is 2.25 bits per heavy atom. The van der Waals surface area contributed by atoms with E-state index in [4.69, 9.17) is 17.3 Å². The third-order valence-corrected chi connectivity index (χ3v) is 5.88. The Labute approximate surface area is 188 Å². The van der Waals surface area contributed by atoms with Crippen molar-refractivity contribution < 1.29 is 22.8 Å². The highest BCUT2D eigenvalue weighted by Crippen LogP contribution is 2.23. The van der Waals surface area contributed by atoms with Gasteiger partial charge in [0.05, 0.1) is 15.5 Å². The van der Waals surface area contributed by atoms with Gasteiger partial charge in [0, 0.05) is 24.7 Å². The third-order valence-electron chi connectivity index (χ3n) is 4.46. The second-order valence-electron chi connectivity index (χ2n) is 6.67. The summed E-state index contributed by atoms with van der Waals surface area (Å²) in [6, 6.07) is 10.1. The number of nitrogens with two attached hydrogens (primary N) is 1. The van der Waals surface area contributed by atoms with E-state index in [0.717, 1.165) is 6.26 Å². The van der Waals surface area contributed by atoms with Gasteiger partial charge in [-0.2, -0.15) is 0 Å². The van der Waals surface area contributed by atoms with E-state index < -0.39 is 27.6 Å². The number of hydrogen-bond donors (Lipinski definition) is 3. The first-order valence-corrected chi connectivity index (χ1v) is 11.3. The number of anilines is 1. The van der Waals surface area contributed by atoms with E-state index in [1.54, 1.807) is 24.3 Å². The van der Waals surface area contributed by atoms with Gasteiger partial charge in [0.2, 0.25) is 0 Å². The van der Waals surface area contributed by atoms with Crippen LogP contribution in [0.15, 0.2) is 53.7 Å². The molecule has 4 N–H and O–H groups in total. The molecule has 3 amide bonds. The van der Waals surface area contributed by atoms with E-state index in [1.165, 1.54) is 36.1 Å². The first-order chi connectivity index (χ1) is 15.0. The van der Waals surface area contributed by atoms with Crippen molar-refractivity contribution in [3.8, 4) is 5.69 Å². The molecule has 0 unspecified atom stereocenters. The zero-order valence-electron chi connectivity index (χ0n) is 16.9. The predicted octanol–water partition coefficient (Wildman–Crippen LogP) is 1.64. The molecule has 10 nitrogen and oxygen atoms in total. The molecule has 0 bridgehead atoms. The molecule has 12 heteroatoms. The summed E-state index contributed by atoms with van der Waals surface area (Å²) in [4.78, 5) is 40.3. The Morgan fingerprint density at radius 1 is 1.06 bits per heavy atom. The SMILES string of the molecule is CNC(=O)c1ncn(-c2ccc(NC(=O)c3ccc(S(C)(=O)=O)cc3Cl)cc2)c1C(N)=O. The van der Waals surface area contributed by atoms with E-state index in [1.807, 2.05) is 0 Å². The number of nitrogens with one attached hydrogen (secondary N) is 2. The zero-order valence-corrected chi connectivity index (χ0v) is 18.5. The maximum absolute atomic E-state index is 12.5. The minimum atomic E-state index is -3.45. The molecule has 166 valence electrons. The van der Waals surface area contributed by atoms with Crippen LogP contribution in [0.4, 0.5) is 5.69 Å². The van der Waals surface area contributed by atoms with Crippen LogP contribution in [0.25, 0.3) is 5.69 Å². The third kappa shape index (κ3) is 4.63. The second-order valence-corrected chi connectivity index (χ2v) is 9.09. The largest absolute Gasteiger partial charge is 0.364 e. The number of imidazole rings is 1. The maximum atomic E-state index is 12.5. The summed E-state index contributed by atoms with van der Waals surface area (Å²) in [6.45, 7) is 0. The van der Waals surface area contributed by atoms with Gasteiger partial charge in [0.15, 0.2) is 15.5 Å². The number of benzene rings is 2. The Kier molecular flexibility index (Phi) is 6.32. The summed E-state index contributed by atoms with van der Waals surface area (Å²) < 4.78 is 24.6. The van der Waals surface area contributed by atoms with E-state index in [2.05, 4.69) is 15.6 Å². The van der Waals surface area contributed by atoms with E-state index in [0.29, 0.717) is 11.4 Å². The van der Waals surface area contributed by atoms with E-state index >= 15 is 0 Å². The Morgan fingerprint density at radius 2 is 1.72 bits per heavy atom. The normalized spacial score (nSPS) is 11.1. The lowest BCUT2D eigenvalue weighted by Gasteiger charge is -2.10. The van der Waals surface area contributed by atoms with Crippen LogP contribution >= 0.6 is 11.6 Å². The fourth-order valence-corrected chi connectivity index (χ4v) is 3.86. The summed E-state index contributed by atoms with van der Waals surface area (Å²) in [7, 11) is -2.05. The molecule has 0 radical (unpaired) electrons. The number of nitrogens with zero attached hydrogens (tertiary/aromatic N) is 2. The Hall–Kier alpha value is -3.70. The molecule has 0 aliphatic heterocycles. The molecule has 0 atom stereocenters. The van der Waals surface area contributed by atoms with Crippen molar-refractivity contribution in [1.29, 1.82) is 0 Å². The van der Waals surface area contributed by atoms with Crippen molar-refractivity contribution in [2.75, 3.05) is 18.6 Å². The van der Waals surface area contributed by atoms with Gasteiger partial charge < -0.3 is 16.4 Å². The van der Waals surface area contributed by atoms with Crippen molar-refractivity contribution >= 4 is 44.8 Å². The number of halogens is 1. The number of rotatable bonds is 6. The van der Waals surface area contributed by atoms with Gasteiger partial charge in [0.1, 0.15) is 12.0 Å². The number of hydrogen-bond acceptors (Lipinski definition) is 6. The van der Waals surface area contributed by atoms with Gasteiger partial charge >= 0.3 is 0 Å². The number of amides is 3. The second kappa shape index (κ2) is 8.81. The van der Waals surface area contributed by atoms with Gasteiger partial charge in [-0.3, -0.25) is 19.0 Å². The standard InChI is InChI=1S/C20H18ClN5O5S/c1-23-20(29)16-17(18(22)27)26(10-24-16)12-5-3-11(4-6-12)25-19(28)14-8-7-13(9-15(14)21)32(2,30)31/h3-10H,1-2H3,(H2,22,27)(H,23,29)(H,25,28). The summed E-state index contributed by atoms with van der Waals surface area (Å²) in [5, 5.41) is 5.04. The summed E-state index contributed by atoms with van der Waals surface area (Å²) >= 11 is 6.08. The zero-order chi connectivity index (χ0) is 23.6. The van der Waals surface area contributed by atoms with Gasteiger partial charge in [-0.05, 0) is 42.5 Å². The van der Waals surface area contributed by atoms with Gasteiger partial charge in [-0.1, -0.05) is 11.6 Å². The highest BCUT2D eigenvalue weighted by molar-refractivity contribution is 7.90. The molecule has 2 aromatic carbocycles. The number of carbonyl (C=O) groups excluding carboxylic acids is 3.